The van der Waals surface area contributed by atoms with Crippen molar-refractivity contribution in [1.29, 1.82) is 0 Å². The van der Waals surface area contributed by atoms with Crippen molar-refractivity contribution in [3.05, 3.63) is 338 Å². The van der Waals surface area contributed by atoms with Crippen molar-refractivity contribution in [2.24, 2.45) is 0 Å². The van der Waals surface area contributed by atoms with Crippen LogP contribution in [0.1, 0.15) is 22.3 Å². The molecule has 1 aliphatic carbocycles. The van der Waals surface area contributed by atoms with Crippen LogP contribution >= 0.6 is 0 Å². The lowest BCUT2D eigenvalue weighted by atomic mass is 9.67. The average molecular weight is 1030 g/mol. The summed E-state index contributed by atoms with van der Waals surface area (Å²) in [5.74, 6) is 0. The third-order valence-electron chi connectivity index (χ3n) is 17.2. The quantitative estimate of drug-likeness (QED) is 0.136. The number of benzene rings is 13. The first-order valence-corrected chi connectivity index (χ1v) is 28.1. The fourth-order valence-corrected chi connectivity index (χ4v) is 13.5. The second-order valence-corrected chi connectivity index (χ2v) is 21.6. The number of fused-ring (bicyclic) bond motifs is 9. The van der Waals surface area contributed by atoms with Gasteiger partial charge in [-0.1, -0.05) is 243 Å². The summed E-state index contributed by atoms with van der Waals surface area (Å²) < 4.78 is 4.79. The minimum atomic E-state index is -0.518. The summed E-state index contributed by atoms with van der Waals surface area (Å²) in [5, 5.41) is 4.99. The SMILES string of the molecule is c1ccc(-c2cccc(-c3ccc(C4(c5cccc(-c6ccc(-c7ccc(-n8c9ccccc9c9cc(-c%10ccc%11c(c%10)c%10ccccc%10n%11-c%10ccccc%10)ccc98)cc7)cc6)c5)c5ccccc5-c5ccccc54)cc3)c2)cc1. The lowest BCUT2D eigenvalue weighted by molar-refractivity contribution is 0.769. The molecule has 13 aromatic carbocycles. The van der Waals surface area contributed by atoms with Gasteiger partial charge in [0.2, 0.25) is 0 Å². The van der Waals surface area contributed by atoms with Crippen molar-refractivity contribution in [3.63, 3.8) is 0 Å². The molecule has 0 fully saturated rings. The first-order valence-electron chi connectivity index (χ1n) is 28.1. The van der Waals surface area contributed by atoms with Crippen molar-refractivity contribution >= 4 is 43.6 Å². The second-order valence-electron chi connectivity index (χ2n) is 21.6. The summed E-state index contributed by atoms with van der Waals surface area (Å²) in [7, 11) is 0. The van der Waals surface area contributed by atoms with Gasteiger partial charge in [0, 0.05) is 32.9 Å². The molecule has 16 rings (SSSR count). The summed E-state index contributed by atoms with van der Waals surface area (Å²) in [5.41, 5.74) is 26.3. The van der Waals surface area contributed by atoms with Gasteiger partial charge in [0.05, 0.1) is 27.5 Å². The van der Waals surface area contributed by atoms with Crippen LogP contribution in [0, 0.1) is 0 Å². The van der Waals surface area contributed by atoms with Crippen LogP contribution in [0.25, 0.3) is 122 Å². The number of hydrogen-bond donors (Lipinski definition) is 0. The third kappa shape index (κ3) is 7.49. The zero-order chi connectivity index (χ0) is 53.4. The first-order chi connectivity index (χ1) is 40.2. The Labute approximate surface area is 471 Å². The highest BCUT2D eigenvalue weighted by Gasteiger charge is 2.46. The summed E-state index contributed by atoms with van der Waals surface area (Å²) in [6.07, 6.45) is 0. The van der Waals surface area contributed by atoms with E-state index in [1.165, 1.54) is 138 Å². The molecule has 0 atom stereocenters. The highest BCUT2D eigenvalue weighted by molar-refractivity contribution is 6.13. The van der Waals surface area contributed by atoms with E-state index >= 15 is 0 Å². The van der Waals surface area contributed by atoms with Crippen LogP contribution in [-0.2, 0) is 5.41 Å². The lowest BCUT2D eigenvalue weighted by Crippen LogP contribution is -2.28. The molecule has 15 aromatic rings. The van der Waals surface area contributed by atoms with Gasteiger partial charge in [-0.05, 0) is 162 Å². The van der Waals surface area contributed by atoms with Crippen molar-refractivity contribution in [1.82, 2.24) is 9.13 Å². The van der Waals surface area contributed by atoms with E-state index in [0.717, 1.165) is 5.69 Å². The van der Waals surface area contributed by atoms with E-state index in [-0.39, 0.29) is 0 Å². The first kappa shape index (κ1) is 46.5. The molecule has 0 aliphatic heterocycles. The Morgan fingerprint density at radius 2 is 0.556 bits per heavy atom. The van der Waals surface area contributed by atoms with Crippen LogP contribution in [0.3, 0.4) is 0 Å². The van der Waals surface area contributed by atoms with Crippen molar-refractivity contribution in [2.75, 3.05) is 0 Å². The highest BCUT2D eigenvalue weighted by atomic mass is 15.0. The van der Waals surface area contributed by atoms with Gasteiger partial charge >= 0.3 is 0 Å². The van der Waals surface area contributed by atoms with Crippen molar-refractivity contribution in [3.8, 4) is 78.1 Å². The molecular weight excluding hydrogens is 977 g/mol. The van der Waals surface area contributed by atoms with E-state index in [1.54, 1.807) is 0 Å². The summed E-state index contributed by atoms with van der Waals surface area (Å²) >= 11 is 0. The Bertz CT molecular complexity index is 4840. The van der Waals surface area contributed by atoms with E-state index < -0.39 is 5.41 Å². The van der Waals surface area contributed by atoms with E-state index in [4.69, 9.17) is 0 Å². The Morgan fingerprint density at radius 1 is 0.198 bits per heavy atom. The van der Waals surface area contributed by atoms with Gasteiger partial charge in [0.25, 0.3) is 0 Å². The molecule has 0 unspecified atom stereocenters. The molecule has 2 aromatic heterocycles. The largest absolute Gasteiger partial charge is 0.309 e. The molecule has 378 valence electrons. The van der Waals surface area contributed by atoms with Crippen LogP contribution in [-0.4, -0.2) is 9.13 Å². The number of para-hydroxylation sites is 3. The summed E-state index contributed by atoms with van der Waals surface area (Å²) in [6.45, 7) is 0. The van der Waals surface area contributed by atoms with Crippen LogP contribution in [0.2, 0.25) is 0 Å². The average Bonchev–Trinajstić information content (AvgIpc) is 3.81. The van der Waals surface area contributed by atoms with Crippen LogP contribution in [0.5, 0.6) is 0 Å². The third-order valence-corrected chi connectivity index (χ3v) is 17.2. The second kappa shape index (κ2) is 18.8. The fourth-order valence-electron chi connectivity index (χ4n) is 13.5. The molecule has 2 heterocycles. The molecule has 0 radical (unpaired) electrons. The molecule has 0 saturated carbocycles. The highest BCUT2D eigenvalue weighted by Crippen LogP contribution is 2.56. The smallest absolute Gasteiger partial charge is 0.0713 e. The van der Waals surface area contributed by atoms with Crippen molar-refractivity contribution in [2.45, 2.75) is 5.41 Å². The lowest BCUT2D eigenvalue weighted by Gasteiger charge is -2.34. The van der Waals surface area contributed by atoms with Crippen LogP contribution < -0.4 is 0 Å². The monoisotopic (exact) mass is 1030 g/mol. The summed E-state index contributed by atoms with van der Waals surface area (Å²) in [4.78, 5) is 0. The van der Waals surface area contributed by atoms with E-state index in [9.17, 15) is 0 Å². The molecular formula is C79H52N2. The predicted molar refractivity (Wildman–Crippen MR) is 340 cm³/mol. The molecule has 1 aliphatic rings. The Morgan fingerprint density at radius 3 is 1.11 bits per heavy atom. The number of nitrogens with zero attached hydrogens (tertiary/aromatic N) is 2. The minimum Gasteiger partial charge on any atom is -0.309 e. The molecule has 0 N–H and O–H groups in total. The van der Waals surface area contributed by atoms with E-state index in [0.29, 0.717) is 0 Å². The van der Waals surface area contributed by atoms with E-state index in [2.05, 4.69) is 325 Å². The van der Waals surface area contributed by atoms with Gasteiger partial charge in [-0.2, -0.15) is 0 Å². The minimum absolute atomic E-state index is 0.518. The molecule has 2 heteroatoms. The zero-order valence-electron chi connectivity index (χ0n) is 44.4. The molecule has 81 heavy (non-hydrogen) atoms. The van der Waals surface area contributed by atoms with Gasteiger partial charge in [-0.25, -0.2) is 0 Å². The maximum atomic E-state index is 2.43. The molecule has 0 bridgehead atoms. The number of rotatable bonds is 9. The van der Waals surface area contributed by atoms with Gasteiger partial charge in [-0.3, -0.25) is 0 Å². The molecule has 0 amide bonds. The standard InChI is InChI=1S/C79H52N2/c1-3-17-53(18-4-1)58-19-15-20-59(49-58)57-37-43-63(44-38-57)79(73-29-11-7-25-67(73)68-26-8-12-30-74(68)79)64-22-16-21-60(50-64)56-35-33-54(34-36-56)55-39-45-66(46-40-55)81-76-32-14-10-28-70(76)72-52-62(42-48-78(72)81)61-41-47-77-71(51-61)69-27-9-13-31-75(69)80(77)65-23-5-2-6-24-65/h1-52H. The molecule has 0 spiro atoms. The summed E-state index contributed by atoms with van der Waals surface area (Å²) in [6, 6.07) is 117. The number of aromatic nitrogens is 2. The Hall–Kier alpha value is -10.5. The molecule has 0 saturated heterocycles. The van der Waals surface area contributed by atoms with Gasteiger partial charge in [0.15, 0.2) is 0 Å². The van der Waals surface area contributed by atoms with Crippen LogP contribution in [0.4, 0.5) is 0 Å². The van der Waals surface area contributed by atoms with Crippen molar-refractivity contribution < 1.29 is 0 Å². The van der Waals surface area contributed by atoms with Crippen LogP contribution in [0.15, 0.2) is 315 Å². The van der Waals surface area contributed by atoms with Gasteiger partial charge in [-0.15, -0.1) is 0 Å². The fraction of sp³-hybridized carbons (Fsp3) is 0.0127. The Balaban J connectivity index is 0.719. The van der Waals surface area contributed by atoms with Gasteiger partial charge < -0.3 is 9.13 Å². The Kier molecular flexibility index (Phi) is 10.8. The van der Waals surface area contributed by atoms with Gasteiger partial charge in [0.1, 0.15) is 0 Å². The maximum absolute atomic E-state index is 2.43. The predicted octanol–water partition coefficient (Wildman–Crippen LogP) is 20.6. The molecule has 2 nitrogen and oxygen atoms in total. The normalized spacial score (nSPS) is 12.5. The zero-order valence-corrected chi connectivity index (χ0v) is 44.4. The topological polar surface area (TPSA) is 9.86 Å². The van der Waals surface area contributed by atoms with E-state index in [1.807, 2.05) is 0 Å². The maximum Gasteiger partial charge on any atom is 0.0713 e. The number of hydrogen-bond acceptors (Lipinski definition) is 0.